The highest BCUT2D eigenvalue weighted by atomic mass is 79.9. The molecule has 1 aromatic heterocycles. The molecule has 0 radical (unpaired) electrons. The second-order valence-electron chi connectivity index (χ2n) is 3.69. The van der Waals surface area contributed by atoms with E-state index < -0.39 is 0 Å². The molecule has 2 rings (SSSR count). The summed E-state index contributed by atoms with van der Waals surface area (Å²) in [5, 5.41) is 0.622. The normalized spacial score (nSPS) is 10.5. The van der Waals surface area contributed by atoms with E-state index in [-0.39, 0.29) is 0 Å². The molecule has 90 valence electrons. The Bertz CT molecular complexity index is 539. The minimum absolute atomic E-state index is 0.622. The number of hydrogen-bond acceptors (Lipinski definition) is 4. The molecule has 2 N–H and O–H groups in total. The van der Waals surface area contributed by atoms with Crippen molar-refractivity contribution in [2.45, 2.75) is 13.3 Å². The van der Waals surface area contributed by atoms with Gasteiger partial charge < -0.3 is 10.5 Å². The average molecular weight is 313 g/mol. The predicted molar refractivity (Wildman–Crippen MR) is 74.8 cm³/mol. The lowest BCUT2D eigenvalue weighted by atomic mass is 10.1. The highest BCUT2D eigenvalue weighted by molar-refractivity contribution is 9.10. The summed E-state index contributed by atoms with van der Waals surface area (Å²) in [5.41, 5.74) is 7.88. The fourth-order valence-electron chi connectivity index (χ4n) is 1.60. The molecule has 1 aromatic carbocycles. The molecule has 0 atom stereocenters. The fraction of sp³-hybridized carbons (Fsp3) is 0.250. The Kier molecular flexibility index (Phi) is 3.69. The fourth-order valence-corrected chi connectivity index (χ4v) is 2.84. The van der Waals surface area contributed by atoms with E-state index in [1.807, 2.05) is 25.1 Å². The van der Waals surface area contributed by atoms with Crippen LogP contribution in [0.3, 0.4) is 0 Å². The minimum Gasteiger partial charge on any atom is -0.497 e. The van der Waals surface area contributed by atoms with Crippen LogP contribution >= 0.6 is 27.3 Å². The van der Waals surface area contributed by atoms with Gasteiger partial charge in [0.1, 0.15) is 5.75 Å². The van der Waals surface area contributed by atoms with E-state index >= 15 is 0 Å². The zero-order valence-electron chi connectivity index (χ0n) is 9.66. The summed E-state index contributed by atoms with van der Waals surface area (Å²) >= 11 is 5.08. The van der Waals surface area contributed by atoms with Crippen molar-refractivity contribution in [2.24, 2.45) is 0 Å². The van der Waals surface area contributed by atoms with Crippen molar-refractivity contribution in [3.8, 4) is 5.75 Å². The summed E-state index contributed by atoms with van der Waals surface area (Å²) in [5.74, 6) is 0.860. The van der Waals surface area contributed by atoms with Gasteiger partial charge in [-0.2, -0.15) is 0 Å². The molecule has 0 spiro atoms. The monoisotopic (exact) mass is 312 g/mol. The quantitative estimate of drug-likeness (QED) is 0.945. The first kappa shape index (κ1) is 12.4. The van der Waals surface area contributed by atoms with Crippen LogP contribution in [0.4, 0.5) is 5.13 Å². The predicted octanol–water partition coefficient (Wildman–Crippen LogP) is 3.40. The SMILES string of the molecule is COc1ccc(Br)c(Cc2sc(N)nc2C)c1. The van der Waals surface area contributed by atoms with Crippen LogP contribution in [0.1, 0.15) is 16.1 Å². The third kappa shape index (κ3) is 2.79. The van der Waals surface area contributed by atoms with Gasteiger partial charge in [0.15, 0.2) is 5.13 Å². The van der Waals surface area contributed by atoms with E-state index in [0.717, 1.165) is 22.3 Å². The lowest BCUT2D eigenvalue weighted by Gasteiger charge is -2.06. The number of ether oxygens (including phenoxy) is 1. The van der Waals surface area contributed by atoms with E-state index in [9.17, 15) is 0 Å². The maximum atomic E-state index is 5.70. The standard InChI is InChI=1S/C12H13BrN2OS/c1-7-11(17-12(14)15-7)6-8-5-9(16-2)3-4-10(8)13/h3-5H,6H2,1-2H3,(H2,14,15). The summed E-state index contributed by atoms with van der Waals surface area (Å²) in [6.07, 6.45) is 0.818. The Morgan fingerprint density at radius 3 is 2.82 bits per heavy atom. The number of methoxy groups -OCH3 is 1. The highest BCUT2D eigenvalue weighted by Gasteiger charge is 2.09. The number of hydrogen-bond donors (Lipinski definition) is 1. The lowest BCUT2D eigenvalue weighted by molar-refractivity contribution is 0.414. The number of rotatable bonds is 3. The third-order valence-corrected chi connectivity index (χ3v) is 4.27. The van der Waals surface area contributed by atoms with Crippen molar-refractivity contribution in [2.75, 3.05) is 12.8 Å². The first-order chi connectivity index (χ1) is 8.10. The van der Waals surface area contributed by atoms with E-state index in [4.69, 9.17) is 10.5 Å². The molecule has 17 heavy (non-hydrogen) atoms. The van der Waals surface area contributed by atoms with Gasteiger partial charge in [-0.1, -0.05) is 15.9 Å². The Morgan fingerprint density at radius 2 is 2.24 bits per heavy atom. The van der Waals surface area contributed by atoms with Gasteiger partial charge in [0, 0.05) is 15.8 Å². The Morgan fingerprint density at radius 1 is 1.47 bits per heavy atom. The lowest BCUT2D eigenvalue weighted by Crippen LogP contribution is -1.91. The van der Waals surface area contributed by atoms with Crippen LogP contribution in [0.15, 0.2) is 22.7 Å². The van der Waals surface area contributed by atoms with Gasteiger partial charge in [-0.3, -0.25) is 0 Å². The molecule has 0 aliphatic heterocycles. The molecule has 0 fully saturated rings. The number of aryl methyl sites for hydroxylation is 1. The van der Waals surface area contributed by atoms with Gasteiger partial charge in [0.05, 0.1) is 12.8 Å². The van der Waals surface area contributed by atoms with Crippen LogP contribution in [-0.2, 0) is 6.42 Å². The molecule has 0 aliphatic carbocycles. The molecule has 5 heteroatoms. The van der Waals surface area contributed by atoms with Crippen LogP contribution in [0.5, 0.6) is 5.75 Å². The highest BCUT2D eigenvalue weighted by Crippen LogP contribution is 2.28. The van der Waals surface area contributed by atoms with Crippen LogP contribution in [0.2, 0.25) is 0 Å². The smallest absolute Gasteiger partial charge is 0.180 e. The van der Waals surface area contributed by atoms with Crippen molar-refractivity contribution in [1.29, 1.82) is 0 Å². The van der Waals surface area contributed by atoms with Gasteiger partial charge in [-0.15, -0.1) is 11.3 Å². The van der Waals surface area contributed by atoms with Crippen LogP contribution < -0.4 is 10.5 Å². The Labute approximate surface area is 113 Å². The van der Waals surface area contributed by atoms with Crippen molar-refractivity contribution in [3.63, 3.8) is 0 Å². The molecule has 2 aromatic rings. The molecular formula is C12H13BrN2OS. The number of aromatic nitrogens is 1. The Hall–Kier alpha value is -1.07. The summed E-state index contributed by atoms with van der Waals surface area (Å²) in [7, 11) is 1.67. The zero-order chi connectivity index (χ0) is 12.4. The van der Waals surface area contributed by atoms with Crippen LogP contribution in [0.25, 0.3) is 0 Å². The molecular weight excluding hydrogens is 300 g/mol. The number of nitrogen functional groups attached to an aromatic ring is 1. The van der Waals surface area contributed by atoms with E-state index in [1.165, 1.54) is 21.8 Å². The minimum atomic E-state index is 0.622. The molecule has 3 nitrogen and oxygen atoms in total. The summed E-state index contributed by atoms with van der Waals surface area (Å²) < 4.78 is 6.30. The van der Waals surface area contributed by atoms with Crippen molar-refractivity contribution >= 4 is 32.4 Å². The van der Waals surface area contributed by atoms with Gasteiger partial charge in [0.25, 0.3) is 0 Å². The average Bonchev–Trinajstić information content (AvgIpc) is 2.60. The molecule has 0 unspecified atom stereocenters. The number of nitrogens with zero attached hydrogens (tertiary/aromatic N) is 1. The van der Waals surface area contributed by atoms with Crippen molar-refractivity contribution in [3.05, 3.63) is 38.8 Å². The first-order valence-electron chi connectivity index (χ1n) is 5.14. The number of halogens is 1. The van der Waals surface area contributed by atoms with Gasteiger partial charge in [-0.25, -0.2) is 4.98 Å². The van der Waals surface area contributed by atoms with Crippen molar-refractivity contribution in [1.82, 2.24) is 4.98 Å². The molecule has 0 amide bonds. The topological polar surface area (TPSA) is 48.1 Å². The maximum Gasteiger partial charge on any atom is 0.180 e. The van der Waals surface area contributed by atoms with E-state index in [2.05, 4.69) is 20.9 Å². The third-order valence-electron chi connectivity index (χ3n) is 2.51. The molecule has 0 saturated carbocycles. The molecule has 0 bridgehead atoms. The van der Waals surface area contributed by atoms with Gasteiger partial charge in [0.2, 0.25) is 0 Å². The van der Waals surface area contributed by atoms with Crippen molar-refractivity contribution < 1.29 is 4.74 Å². The van der Waals surface area contributed by atoms with Crippen LogP contribution in [0, 0.1) is 6.92 Å². The number of thiazole rings is 1. The van der Waals surface area contributed by atoms with Crippen LogP contribution in [-0.4, -0.2) is 12.1 Å². The first-order valence-corrected chi connectivity index (χ1v) is 6.75. The number of anilines is 1. The summed E-state index contributed by atoms with van der Waals surface area (Å²) in [6, 6.07) is 5.95. The molecule has 1 heterocycles. The van der Waals surface area contributed by atoms with E-state index in [0.29, 0.717) is 5.13 Å². The molecule has 0 saturated heterocycles. The number of nitrogens with two attached hydrogens (primary N) is 1. The van der Waals surface area contributed by atoms with Gasteiger partial charge in [-0.05, 0) is 30.7 Å². The second kappa shape index (κ2) is 5.06. The molecule has 0 aliphatic rings. The number of benzene rings is 1. The van der Waals surface area contributed by atoms with E-state index in [1.54, 1.807) is 7.11 Å². The zero-order valence-corrected chi connectivity index (χ0v) is 12.1. The maximum absolute atomic E-state index is 5.70. The Balaban J connectivity index is 2.32. The van der Waals surface area contributed by atoms with Gasteiger partial charge >= 0.3 is 0 Å². The summed E-state index contributed by atoms with van der Waals surface area (Å²) in [4.78, 5) is 5.42. The largest absolute Gasteiger partial charge is 0.497 e. The summed E-state index contributed by atoms with van der Waals surface area (Å²) in [6.45, 7) is 1.98. The second-order valence-corrected chi connectivity index (χ2v) is 5.66.